The summed E-state index contributed by atoms with van der Waals surface area (Å²) < 4.78 is 14.1. The van der Waals surface area contributed by atoms with Gasteiger partial charge < -0.3 is 15.1 Å². The molecule has 4 nitrogen and oxygen atoms in total. The molecule has 0 atom stereocenters. The van der Waals surface area contributed by atoms with E-state index in [0.717, 1.165) is 12.1 Å². The summed E-state index contributed by atoms with van der Waals surface area (Å²) in [4.78, 5) is 15.0. The fourth-order valence-corrected chi connectivity index (χ4v) is 2.05. The van der Waals surface area contributed by atoms with Gasteiger partial charge in [-0.15, -0.1) is 0 Å². The van der Waals surface area contributed by atoms with E-state index in [0.29, 0.717) is 18.2 Å². The summed E-state index contributed by atoms with van der Waals surface area (Å²) in [6, 6.07) is 5.02. The molecule has 0 fully saturated rings. The van der Waals surface area contributed by atoms with E-state index in [1.54, 1.807) is 32.1 Å². The van der Waals surface area contributed by atoms with Crippen molar-refractivity contribution in [3.63, 3.8) is 0 Å². The summed E-state index contributed by atoms with van der Waals surface area (Å²) in [5, 5.41) is 3.31. The lowest BCUT2D eigenvalue weighted by Crippen LogP contribution is -2.35. The van der Waals surface area contributed by atoms with E-state index < -0.39 is 0 Å². The van der Waals surface area contributed by atoms with Crippen LogP contribution in [0.2, 0.25) is 0 Å². The zero-order valence-corrected chi connectivity index (χ0v) is 13.6. The van der Waals surface area contributed by atoms with E-state index in [-0.39, 0.29) is 18.3 Å². The number of nitrogens with zero attached hydrogens (tertiary/aromatic N) is 2. The second kappa shape index (κ2) is 7.98. The van der Waals surface area contributed by atoms with Gasteiger partial charge in [0.2, 0.25) is 5.91 Å². The van der Waals surface area contributed by atoms with E-state index in [4.69, 9.17) is 0 Å². The number of para-hydroxylation sites is 1. The van der Waals surface area contributed by atoms with Crippen molar-refractivity contribution in [2.45, 2.75) is 20.4 Å². The van der Waals surface area contributed by atoms with Gasteiger partial charge in [0, 0.05) is 27.7 Å². The smallest absolute Gasteiger partial charge is 0.241 e. The van der Waals surface area contributed by atoms with E-state index >= 15 is 0 Å². The number of carbonyl (C=O) groups excluding carboxylic acids is 1. The Balaban J connectivity index is 2.86. The highest BCUT2D eigenvalue weighted by atomic mass is 19.1. The lowest BCUT2D eigenvalue weighted by Gasteiger charge is -2.24. The lowest BCUT2D eigenvalue weighted by atomic mass is 10.1. The molecule has 0 unspecified atom stereocenters. The third-order valence-corrected chi connectivity index (χ3v) is 3.19. The van der Waals surface area contributed by atoms with Crippen molar-refractivity contribution in [2.24, 2.45) is 5.92 Å². The molecule has 0 aliphatic rings. The topological polar surface area (TPSA) is 35.6 Å². The molecule has 0 aromatic heterocycles. The molecule has 1 N–H and O–H groups in total. The van der Waals surface area contributed by atoms with Crippen LogP contribution in [-0.4, -0.2) is 45.0 Å². The molecular weight excluding hydrogens is 269 g/mol. The van der Waals surface area contributed by atoms with E-state index in [9.17, 15) is 9.18 Å². The van der Waals surface area contributed by atoms with Gasteiger partial charge in [-0.2, -0.15) is 0 Å². The predicted octanol–water partition coefficient (Wildman–Crippen LogP) is 2.10. The van der Waals surface area contributed by atoms with E-state index in [2.05, 4.69) is 19.2 Å². The number of nitrogens with one attached hydrogen (secondary N) is 1. The molecule has 0 saturated carbocycles. The maximum Gasteiger partial charge on any atom is 0.241 e. The van der Waals surface area contributed by atoms with E-state index in [1.807, 2.05) is 6.07 Å². The van der Waals surface area contributed by atoms with Gasteiger partial charge in [0.15, 0.2) is 0 Å². The number of hydrogen-bond acceptors (Lipinski definition) is 3. The van der Waals surface area contributed by atoms with Gasteiger partial charge in [0.25, 0.3) is 0 Å². The largest absolute Gasteiger partial charge is 0.363 e. The minimum atomic E-state index is -0.298. The molecular formula is C16H26FN3O. The zero-order chi connectivity index (χ0) is 16.0. The van der Waals surface area contributed by atoms with Gasteiger partial charge in [-0.05, 0) is 24.1 Å². The quantitative estimate of drug-likeness (QED) is 0.837. The van der Waals surface area contributed by atoms with Crippen LogP contribution in [0, 0.1) is 11.7 Å². The molecule has 5 heteroatoms. The normalized spacial score (nSPS) is 10.8. The highest BCUT2D eigenvalue weighted by Crippen LogP contribution is 2.23. The van der Waals surface area contributed by atoms with Crippen molar-refractivity contribution in [1.82, 2.24) is 10.2 Å². The molecule has 1 rings (SSSR count). The molecule has 0 saturated heterocycles. The van der Waals surface area contributed by atoms with Crippen LogP contribution in [0.15, 0.2) is 18.2 Å². The first-order valence-electron chi connectivity index (χ1n) is 7.22. The second-order valence-corrected chi connectivity index (χ2v) is 5.92. The van der Waals surface area contributed by atoms with Crippen LogP contribution in [0.5, 0.6) is 0 Å². The summed E-state index contributed by atoms with van der Waals surface area (Å²) in [5.74, 6) is 0.185. The van der Waals surface area contributed by atoms with Gasteiger partial charge in [0.05, 0.1) is 12.2 Å². The lowest BCUT2D eigenvalue weighted by molar-refractivity contribution is -0.127. The highest BCUT2D eigenvalue weighted by Gasteiger charge is 2.16. The maximum atomic E-state index is 14.1. The Hall–Kier alpha value is -1.62. The van der Waals surface area contributed by atoms with Crippen molar-refractivity contribution in [1.29, 1.82) is 0 Å². The molecule has 0 spiro atoms. The third-order valence-electron chi connectivity index (χ3n) is 3.19. The average Bonchev–Trinajstić information content (AvgIpc) is 2.37. The molecule has 1 aromatic carbocycles. The number of hydrogen-bond donors (Lipinski definition) is 1. The maximum absolute atomic E-state index is 14.1. The van der Waals surface area contributed by atoms with E-state index in [1.165, 1.54) is 11.0 Å². The number of likely N-dealkylation sites (N-methyl/N-ethyl adjacent to an activating group) is 2. The van der Waals surface area contributed by atoms with Crippen molar-refractivity contribution < 1.29 is 9.18 Å². The Morgan fingerprint density at radius 3 is 2.52 bits per heavy atom. The van der Waals surface area contributed by atoms with Crippen LogP contribution >= 0.6 is 0 Å². The summed E-state index contributed by atoms with van der Waals surface area (Å²) in [7, 11) is 5.14. The van der Waals surface area contributed by atoms with Crippen LogP contribution in [0.4, 0.5) is 10.1 Å². The SMILES string of the molecule is CC(C)CNCc1cccc(F)c1N(C)CC(=O)N(C)C. The van der Waals surface area contributed by atoms with Gasteiger partial charge in [-0.1, -0.05) is 26.0 Å². The Labute approximate surface area is 126 Å². The first-order chi connectivity index (χ1) is 9.82. The van der Waals surface area contributed by atoms with Crippen LogP contribution in [0.1, 0.15) is 19.4 Å². The Bertz CT molecular complexity index is 475. The summed E-state index contributed by atoms with van der Waals surface area (Å²) in [6.07, 6.45) is 0. The average molecular weight is 295 g/mol. The van der Waals surface area contributed by atoms with Gasteiger partial charge in [-0.25, -0.2) is 4.39 Å². The fourth-order valence-electron chi connectivity index (χ4n) is 2.05. The molecule has 0 radical (unpaired) electrons. The Kier molecular flexibility index (Phi) is 6.62. The predicted molar refractivity (Wildman–Crippen MR) is 84.9 cm³/mol. The Morgan fingerprint density at radius 1 is 1.29 bits per heavy atom. The van der Waals surface area contributed by atoms with Crippen LogP contribution in [0.25, 0.3) is 0 Å². The summed E-state index contributed by atoms with van der Waals surface area (Å²) in [6.45, 7) is 5.87. The minimum absolute atomic E-state index is 0.0538. The third kappa shape index (κ3) is 5.34. The monoisotopic (exact) mass is 295 g/mol. The molecule has 0 bridgehead atoms. The number of halogens is 1. The van der Waals surface area contributed by atoms with Crippen LogP contribution < -0.4 is 10.2 Å². The van der Waals surface area contributed by atoms with Gasteiger partial charge >= 0.3 is 0 Å². The van der Waals surface area contributed by atoms with Crippen molar-refractivity contribution in [2.75, 3.05) is 39.1 Å². The van der Waals surface area contributed by atoms with Crippen molar-refractivity contribution in [3.8, 4) is 0 Å². The first kappa shape index (κ1) is 17.4. The Morgan fingerprint density at radius 2 is 1.95 bits per heavy atom. The van der Waals surface area contributed by atoms with Gasteiger partial charge in [-0.3, -0.25) is 4.79 Å². The molecule has 1 aromatic rings. The van der Waals surface area contributed by atoms with Crippen LogP contribution in [0.3, 0.4) is 0 Å². The molecule has 0 heterocycles. The highest BCUT2D eigenvalue weighted by molar-refractivity contribution is 5.81. The number of carbonyl (C=O) groups is 1. The first-order valence-corrected chi connectivity index (χ1v) is 7.22. The molecule has 118 valence electrons. The molecule has 1 amide bonds. The summed E-state index contributed by atoms with van der Waals surface area (Å²) in [5.41, 5.74) is 1.36. The van der Waals surface area contributed by atoms with Crippen LogP contribution in [-0.2, 0) is 11.3 Å². The number of rotatable bonds is 7. The molecule has 21 heavy (non-hydrogen) atoms. The second-order valence-electron chi connectivity index (χ2n) is 5.92. The number of benzene rings is 1. The zero-order valence-electron chi connectivity index (χ0n) is 13.6. The van der Waals surface area contributed by atoms with Crippen molar-refractivity contribution in [3.05, 3.63) is 29.6 Å². The number of anilines is 1. The molecule has 0 aliphatic heterocycles. The fraction of sp³-hybridized carbons (Fsp3) is 0.562. The summed E-state index contributed by atoms with van der Waals surface area (Å²) >= 11 is 0. The minimum Gasteiger partial charge on any atom is -0.363 e. The molecule has 0 aliphatic carbocycles. The van der Waals surface area contributed by atoms with Gasteiger partial charge in [0.1, 0.15) is 5.82 Å². The number of amides is 1. The van der Waals surface area contributed by atoms with Crippen molar-refractivity contribution >= 4 is 11.6 Å². The standard InChI is InChI=1S/C16H26FN3O/c1-12(2)9-18-10-13-7-6-8-14(17)16(13)20(5)11-15(21)19(3)4/h6-8,12,18H,9-11H2,1-5H3.